The Balaban J connectivity index is 1.49. The van der Waals surface area contributed by atoms with Crippen LogP contribution in [0, 0.1) is 20.2 Å². The number of carbonyl (C=O) groups excluding carboxylic acids is 2. The second-order valence-electron chi connectivity index (χ2n) is 6.93. The molecule has 2 rings (SSSR count). The molecule has 2 aromatic rings. The SMILES string of the molecule is O=C(NCCCCNCCCNC(=O)c1ccc([N+](=O)[O-])cc1)c1ccc([N+](=O)[O-])cc1. The van der Waals surface area contributed by atoms with Gasteiger partial charge in [0, 0.05) is 48.5 Å². The number of hydrogen-bond donors (Lipinski definition) is 3. The van der Waals surface area contributed by atoms with Gasteiger partial charge in [0.2, 0.25) is 0 Å². The second kappa shape index (κ2) is 12.7. The van der Waals surface area contributed by atoms with Crippen LogP contribution in [0.1, 0.15) is 40.0 Å². The normalized spacial score (nSPS) is 10.4. The number of nitro groups is 2. The lowest BCUT2D eigenvalue weighted by molar-refractivity contribution is -0.385. The Hall–Kier alpha value is -3.86. The number of benzene rings is 2. The minimum Gasteiger partial charge on any atom is -0.352 e. The Morgan fingerprint density at radius 1 is 0.625 bits per heavy atom. The minimum atomic E-state index is -0.514. The molecule has 0 saturated carbocycles. The van der Waals surface area contributed by atoms with Gasteiger partial charge in [0.1, 0.15) is 0 Å². The van der Waals surface area contributed by atoms with E-state index in [2.05, 4.69) is 16.0 Å². The highest BCUT2D eigenvalue weighted by molar-refractivity contribution is 5.94. The van der Waals surface area contributed by atoms with Gasteiger partial charge in [-0.1, -0.05) is 0 Å². The summed E-state index contributed by atoms with van der Waals surface area (Å²) in [6.07, 6.45) is 2.37. The average Bonchev–Trinajstić information content (AvgIpc) is 2.80. The zero-order valence-corrected chi connectivity index (χ0v) is 17.4. The molecule has 2 amide bonds. The van der Waals surface area contributed by atoms with Crippen LogP contribution in [0.5, 0.6) is 0 Å². The summed E-state index contributed by atoms with van der Waals surface area (Å²) in [5.74, 6) is -0.541. The first-order chi connectivity index (χ1) is 15.4. The van der Waals surface area contributed by atoms with Crippen LogP contribution >= 0.6 is 0 Å². The molecule has 0 aliphatic rings. The quantitative estimate of drug-likeness (QED) is 0.244. The molecule has 0 bridgehead atoms. The maximum absolute atomic E-state index is 12.0. The Morgan fingerprint density at radius 3 is 1.44 bits per heavy atom. The van der Waals surface area contributed by atoms with Crippen LogP contribution in [0.25, 0.3) is 0 Å². The van der Waals surface area contributed by atoms with Gasteiger partial charge >= 0.3 is 0 Å². The van der Waals surface area contributed by atoms with Crippen molar-refractivity contribution in [2.75, 3.05) is 26.2 Å². The van der Waals surface area contributed by atoms with Crippen molar-refractivity contribution in [3.8, 4) is 0 Å². The zero-order chi connectivity index (χ0) is 23.3. The Labute approximate surface area is 184 Å². The number of unbranched alkanes of at least 4 members (excludes halogenated alkanes) is 1. The van der Waals surface area contributed by atoms with Crippen molar-refractivity contribution in [3.05, 3.63) is 79.9 Å². The van der Waals surface area contributed by atoms with Gasteiger partial charge in [0.05, 0.1) is 9.85 Å². The molecule has 32 heavy (non-hydrogen) atoms. The van der Waals surface area contributed by atoms with E-state index in [1.165, 1.54) is 48.5 Å². The van der Waals surface area contributed by atoms with E-state index in [0.29, 0.717) is 24.2 Å². The topological polar surface area (TPSA) is 157 Å². The predicted octanol–water partition coefficient (Wildman–Crippen LogP) is 2.42. The number of amides is 2. The molecule has 0 saturated heterocycles. The highest BCUT2D eigenvalue weighted by Crippen LogP contribution is 2.12. The number of rotatable bonds is 13. The van der Waals surface area contributed by atoms with Gasteiger partial charge < -0.3 is 16.0 Å². The van der Waals surface area contributed by atoms with Crippen molar-refractivity contribution < 1.29 is 19.4 Å². The summed E-state index contributed by atoms with van der Waals surface area (Å²) in [4.78, 5) is 44.2. The number of nitrogens with zero attached hydrogens (tertiary/aromatic N) is 2. The van der Waals surface area contributed by atoms with Crippen molar-refractivity contribution in [3.63, 3.8) is 0 Å². The average molecular weight is 443 g/mol. The van der Waals surface area contributed by atoms with E-state index >= 15 is 0 Å². The van der Waals surface area contributed by atoms with E-state index in [0.717, 1.165) is 32.4 Å². The lowest BCUT2D eigenvalue weighted by atomic mass is 10.2. The first-order valence-electron chi connectivity index (χ1n) is 10.1. The molecule has 0 spiro atoms. The summed E-state index contributed by atoms with van der Waals surface area (Å²) in [6, 6.07) is 10.9. The molecule has 3 N–H and O–H groups in total. The Kier molecular flexibility index (Phi) is 9.72. The van der Waals surface area contributed by atoms with Crippen molar-refractivity contribution in [1.82, 2.24) is 16.0 Å². The number of carbonyl (C=O) groups is 2. The van der Waals surface area contributed by atoms with Crippen molar-refractivity contribution >= 4 is 23.2 Å². The molecule has 0 unspecified atom stereocenters. The van der Waals surface area contributed by atoms with Gasteiger partial charge in [0.15, 0.2) is 0 Å². The zero-order valence-electron chi connectivity index (χ0n) is 17.4. The molecule has 11 nitrogen and oxygen atoms in total. The van der Waals surface area contributed by atoms with Gasteiger partial charge in [0.25, 0.3) is 23.2 Å². The standard InChI is InChI=1S/C21H25N5O6/c27-20(16-4-8-18(9-5-16)25(29)30)23-14-2-1-12-22-13-3-15-24-21(28)17-6-10-19(11-7-17)26(31)32/h4-11,22H,1-3,12-15H2,(H,23,27)(H,24,28). The van der Waals surface area contributed by atoms with E-state index in [4.69, 9.17) is 0 Å². The summed E-state index contributed by atoms with van der Waals surface area (Å²) < 4.78 is 0. The van der Waals surface area contributed by atoms with Crippen LogP contribution in [0.4, 0.5) is 11.4 Å². The van der Waals surface area contributed by atoms with Gasteiger partial charge in [-0.3, -0.25) is 29.8 Å². The first kappa shape index (κ1) is 24.4. The number of hydrogen-bond acceptors (Lipinski definition) is 7. The molecule has 170 valence electrons. The molecule has 0 aromatic heterocycles. The fourth-order valence-electron chi connectivity index (χ4n) is 2.79. The first-order valence-corrected chi connectivity index (χ1v) is 10.1. The van der Waals surface area contributed by atoms with Crippen molar-refractivity contribution in [2.45, 2.75) is 19.3 Å². The molecule has 0 aliphatic carbocycles. The van der Waals surface area contributed by atoms with Gasteiger partial charge in [-0.2, -0.15) is 0 Å². The molecule has 0 radical (unpaired) electrons. The summed E-state index contributed by atoms with van der Waals surface area (Å²) in [6.45, 7) is 2.47. The second-order valence-corrected chi connectivity index (χ2v) is 6.93. The fourth-order valence-corrected chi connectivity index (χ4v) is 2.79. The molecular formula is C21H25N5O6. The van der Waals surface area contributed by atoms with E-state index < -0.39 is 9.85 Å². The summed E-state index contributed by atoms with van der Waals surface area (Å²) >= 11 is 0. The highest BCUT2D eigenvalue weighted by Gasteiger charge is 2.09. The minimum absolute atomic E-state index is 0.0569. The van der Waals surface area contributed by atoms with Crippen LogP contribution in [0.3, 0.4) is 0 Å². The molecule has 0 heterocycles. The number of nitrogens with one attached hydrogen (secondary N) is 3. The third-order valence-electron chi connectivity index (χ3n) is 4.56. The monoisotopic (exact) mass is 443 g/mol. The van der Waals surface area contributed by atoms with E-state index in [1.807, 2.05) is 0 Å². The summed E-state index contributed by atoms with van der Waals surface area (Å²) in [7, 11) is 0. The summed E-state index contributed by atoms with van der Waals surface area (Å²) in [5.41, 5.74) is 0.638. The predicted molar refractivity (Wildman–Crippen MR) is 118 cm³/mol. The van der Waals surface area contributed by atoms with Crippen LogP contribution in [0.15, 0.2) is 48.5 Å². The van der Waals surface area contributed by atoms with Gasteiger partial charge in [-0.05, 0) is 56.6 Å². The van der Waals surface area contributed by atoms with Crippen LogP contribution in [-0.4, -0.2) is 47.8 Å². The lowest BCUT2D eigenvalue weighted by Crippen LogP contribution is -2.28. The molecule has 2 aromatic carbocycles. The molecule has 0 atom stereocenters. The maximum atomic E-state index is 12.0. The number of nitro benzene ring substituents is 2. The molecular weight excluding hydrogens is 418 g/mol. The Morgan fingerprint density at radius 2 is 1.00 bits per heavy atom. The van der Waals surface area contributed by atoms with Gasteiger partial charge in [-0.15, -0.1) is 0 Å². The third kappa shape index (κ3) is 8.11. The molecule has 0 aliphatic heterocycles. The smallest absolute Gasteiger partial charge is 0.269 e. The largest absolute Gasteiger partial charge is 0.352 e. The summed E-state index contributed by atoms with van der Waals surface area (Å²) in [5, 5.41) is 30.0. The fraction of sp³-hybridized carbons (Fsp3) is 0.333. The van der Waals surface area contributed by atoms with Gasteiger partial charge in [-0.25, -0.2) is 0 Å². The molecule has 0 fully saturated rings. The van der Waals surface area contributed by atoms with Crippen LogP contribution in [0.2, 0.25) is 0 Å². The number of non-ortho nitro benzene ring substituents is 2. The van der Waals surface area contributed by atoms with Crippen LogP contribution in [-0.2, 0) is 0 Å². The Bertz CT molecular complexity index is 853. The van der Waals surface area contributed by atoms with Crippen LogP contribution < -0.4 is 16.0 Å². The van der Waals surface area contributed by atoms with E-state index in [9.17, 15) is 29.8 Å². The maximum Gasteiger partial charge on any atom is 0.269 e. The van der Waals surface area contributed by atoms with Crippen molar-refractivity contribution in [1.29, 1.82) is 0 Å². The highest BCUT2D eigenvalue weighted by atomic mass is 16.6. The van der Waals surface area contributed by atoms with E-state index in [1.54, 1.807) is 0 Å². The lowest BCUT2D eigenvalue weighted by Gasteiger charge is -2.08. The van der Waals surface area contributed by atoms with Crippen molar-refractivity contribution in [2.24, 2.45) is 0 Å². The third-order valence-corrected chi connectivity index (χ3v) is 4.56. The molecule has 11 heteroatoms. The van der Waals surface area contributed by atoms with E-state index in [-0.39, 0.29) is 23.2 Å².